The Morgan fingerprint density at radius 2 is 1.82 bits per heavy atom. The summed E-state index contributed by atoms with van der Waals surface area (Å²) in [5.41, 5.74) is 4.45. The SMILES string of the molecule is C=CC(C)COC(=O)OC(C)O/C(=C(/C#N)c1ccc(C(C)(C)C)cc1)c1c(C)c(C)nn1C. The Kier molecular flexibility index (Phi) is 8.69. The molecule has 1 aromatic heterocycles. The van der Waals surface area contributed by atoms with E-state index in [-0.39, 0.29) is 23.7 Å². The van der Waals surface area contributed by atoms with Crippen molar-refractivity contribution < 1.29 is 19.0 Å². The Morgan fingerprint density at radius 1 is 1.21 bits per heavy atom. The fraction of sp³-hybridized carbons (Fsp3) is 0.444. The largest absolute Gasteiger partial charge is 0.511 e. The maximum atomic E-state index is 12.1. The molecule has 182 valence electrons. The van der Waals surface area contributed by atoms with E-state index in [1.54, 1.807) is 24.7 Å². The third-order valence-corrected chi connectivity index (χ3v) is 5.53. The molecule has 7 heteroatoms. The molecule has 0 fully saturated rings. The molecule has 0 amide bonds. The first-order valence-electron chi connectivity index (χ1n) is 11.3. The van der Waals surface area contributed by atoms with Gasteiger partial charge in [0.1, 0.15) is 23.9 Å². The van der Waals surface area contributed by atoms with Crippen LogP contribution in [0.25, 0.3) is 11.3 Å². The van der Waals surface area contributed by atoms with Crippen molar-refractivity contribution in [1.29, 1.82) is 5.26 Å². The Morgan fingerprint density at radius 3 is 2.29 bits per heavy atom. The Hall–Kier alpha value is -3.53. The average molecular weight is 466 g/mol. The Balaban J connectivity index is 2.47. The second-order valence-corrected chi connectivity index (χ2v) is 9.40. The highest BCUT2D eigenvalue weighted by atomic mass is 16.8. The lowest BCUT2D eigenvalue weighted by Crippen LogP contribution is -2.21. The molecular weight excluding hydrogens is 430 g/mol. The Labute approximate surface area is 202 Å². The summed E-state index contributed by atoms with van der Waals surface area (Å²) in [6.07, 6.45) is -0.175. The van der Waals surface area contributed by atoms with Gasteiger partial charge in [-0.05, 0) is 30.4 Å². The number of hydrogen-bond donors (Lipinski definition) is 0. The van der Waals surface area contributed by atoms with E-state index in [1.807, 2.05) is 45.0 Å². The van der Waals surface area contributed by atoms with Crippen LogP contribution < -0.4 is 0 Å². The quantitative estimate of drug-likeness (QED) is 0.155. The van der Waals surface area contributed by atoms with Crippen molar-refractivity contribution in [2.75, 3.05) is 6.61 Å². The predicted octanol–water partition coefficient (Wildman–Crippen LogP) is 6.06. The second kappa shape index (κ2) is 11.1. The number of aryl methyl sites for hydroxylation is 2. The topological polar surface area (TPSA) is 86.4 Å². The van der Waals surface area contributed by atoms with Crippen molar-refractivity contribution in [2.24, 2.45) is 13.0 Å². The molecule has 1 heterocycles. The number of carbonyl (C=O) groups excluding carboxylic acids is 1. The van der Waals surface area contributed by atoms with E-state index in [0.717, 1.165) is 16.8 Å². The van der Waals surface area contributed by atoms with Crippen LogP contribution in [0.5, 0.6) is 0 Å². The molecule has 34 heavy (non-hydrogen) atoms. The smallest absolute Gasteiger partial charge is 0.451 e. The summed E-state index contributed by atoms with van der Waals surface area (Å²) in [6.45, 7) is 17.5. The van der Waals surface area contributed by atoms with Gasteiger partial charge < -0.3 is 14.2 Å². The van der Waals surface area contributed by atoms with Gasteiger partial charge in [-0.15, -0.1) is 6.58 Å². The van der Waals surface area contributed by atoms with Crippen LogP contribution >= 0.6 is 0 Å². The number of nitriles is 1. The highest BCUT2D eigenvalue weighted by Gasteiger charge is 2.25. The number of benzene rings is 1. The van der Waals surface area contributed by atoms with E-state index in [2.05, 4.69) is 38.5 Å². The molecule has 0 saturated carbocycles. The summed E-state index contributed by atoms with van der Waals surface area (Å²) in [5.74, 6) is 0.284. The van der Waals surface area contributed by atoms with E-state index in [4.69, 9.17) is 14.2 Å². The molecule has 0 spiro atoms. The van der Waals surface area contributed by atoms with Gasteiger partial charge in [0.15, 0.2) is 5.76 Å². The normalized spacial score (nSPS) is 13.9. The summed E-state index contributed by atoms with van der Waals surface area (Å²) in [7, 11) is 1.78. The van der Waals surface area contributed by atoms with Crippen molar-refractivity contribution in [3.05, 3.63) is 65.0 Å². The summed E-state index contributed by atoms with van der Waals surface area (Å²) >= 11 is 0. The minimum absolute atomic E-state index is 0.000519. The highest BCUT2D eigenvalue weighted by Crippen LogP contribution is 2.32. The number of hydrogen-bond acceptors (Lipinski definition) is 6. The highest BCUT2D eigenvalue weighted by molar-refractivity contribution is 5.94. The van der Waals surface area contributed by atoms with Gasteiger partial charge in [-0.2, -0.15) is 10.4 Å². The van der Waals surface area contributed by atoms with Crippen LogP contribution in [-0.2, 0) is 26.7 Å². The average Bonchev–Trinajstić information content (AvgIpc) is 3.02. The predicted molar refractivity (Wildman–Crippen MR) is 133 cm³/mol. The number of aromatic nitrogens is 2. The van der Waals surface area contributed by atoms with Crippen molar-refractivity contribution in [3.63, 3.8) is 0 Å². The molecule has 2 aromatic rings. The van der Waals surface area contributed by atoms with Crippen LogP contribution in [0.4, 0.5) is 4.79 Å². The third-order valence-electron chi connectivity index (χ3n) is 5.53. The maximum absolute atomic E-state index is 12.1. The molecule has 0 aliphatic heterocycles. The standard InChI is InChI=1S/C27H35N3O4/c1-10-17(2)16-32-26(31)34-20(5)33-25(24-18(3)19(4)29-30(24)9)23(15-28)21-11-13-22(14-12-21)27(6,7)8/h10-14,17,20H,1,16H2,2-9H3/b25-23-. The van der Waals surface area contributed by atoms with E-state index < -0.39 is 12.4 Å². The minimum atomic E-state index is -1.01. The van der Waals surface area contributed by atoms with E-state index in [9.17, 15) is 10.1 Å². The molecule has 0 aliphatic carbocycles. The molecule has 7 nitrogen and oxygen atoms in total. The van der Waals surface area contributed by atoms with Gasteiger partial charge in [0.2, 0.25) is 6.29 Å². The van der Waals surface area contributed by atoms with E-state index in [1.165, 1.54) is 0 Å². The van der Waals surface area contributed by atoms with Crippen LogP contribution in [0.2, 0.25) is 0 Å². The van der Waals surface area contributed by atoms with Gasteiger partial charge in [-0.1, -0.05) is 58.0 Å². The summed E-state index contributed by atoms with van der Waals surface area (Å²) < 4.78 is 18.1. The molecule has 0 N–H and O–H groups in total. The molecule has 2 atom stereocenters. The Bertz CT molecular complexity index is 1100. The first kappa shape index (κ1) is 26.7. The molecule has 0 aliphatic rings. The molecular formula is C27H35N3O4. The van der Waals surface area contributed by atoms with Gasteiger partial charge in [0.05, 0.1) is 5.69 Å². The lowest BCUT2D eigenvalue weighted by Gasteiger charge is -2.21. The fourth-order valence-corrected chi connectivity index (χ4v) is 3.32. The first-order valence-corrected chi connectivity index (χ1v) is 11.3. The molecule has 2 rings (SSSR count). The van der Waals surface area contributed by atoms with Gasteiger partial charge in [0, 0.05) is 25.5 Å². The molecule has 0 bridgehead atoms. The molecule has 0 saturated heterocycles. The first-order chi connectivity index (χ1) is 15.9. The lowest BCUT2D eigenvalue weighted by atomic mass is 9.86. The monoisotopic (exact) mass is 465 g/mol. The number of rotatable bonds is 8. The summed E-state index contributed by atoms with van der Waals surface area (Å²) in [5, 5.41) is 14.6. The van der Waals surface area contributed by atoms with Gasteiger partial charge >= 0.3 is 6.16 Å². The van der Waals surface area contributed by atoms with Crippen LogP contribution in [0.1, 0.15) is 62.7 Å². The van der Waals surface area contributed by atoms with E-state index in [0.29, 0.717) is 16.8 Å². The number of allylic oxidation sites excluding steroid dienone is 1. The number of nitrogens with zero attached hydrogens (tertiary/aromatic N) is 3. The van der Waals surface area contributed by atoms with Crippen LogP contribution in [0.15, 0.2) is 36.9 Å². The zero-order valence-electron chi connectivity index (χ0n) is 21.4. The van der Waals surface area contributed by atoms with Crippen molar-refractivity contribution in [3.8, 4) is 6.07 Å². The zero-order valence-corrected chi connectivity index (χ0v) is 21.4. The van der Waals surface area contributed by atoms with Crippen molar-refractivity contribution >= 4 is 17.5 Å². The van der Waals surface area contributed by atoms with Crippen molar-refractivity contribution in [2.45, 2.75) is 60.2 Å². The molecule has 2 unspecified atom stereocenters. The number of ether oxygens (including phenoxy) is 3. The van der Waals surface area contributed by atoms with Gasteiger partial charge in [-0.25, -0.2) is 4.79 Å². The molecule has 0 radical (unpaired) electrons. The zero-order chi connectivity index (χ0) is 25.6. The van der Waals surface area contributed by atoms with Crippen LogP contribution in [0.3, 0.4) is 0 Å². The minimum Gasteiger partial charge on any atom is -0.451 e. The molecule has 1 aromatic carbocycles. The van der Waals surface area contributed by atoms with Gasteiger partial charge in [-0.3, -0.25) is 4.68 Å². The van der Waals surface area contributed by atoms with E-state index >= 15 is 0 Å². The number of carbonyl (C=O) groups is 1. The second-order valence-electron chi connectivity index (χ2n) is 9.40. The van der Waals surface area contributed by atoms with Crippen LogP contribution in [-0.4, -0.2) is 28.8 Å². The summed E-state index contributed by atoms with van der Waals surface area (Å²) in [6, 6.07) is 10.1. The van der Waals surface area contributed by atoms with Crippen LogP contribution in [0, 0.1) is 31.1 Å². The lowest BCUT2D eigenvalue weighted by molar-refractivity contribution is -0.0685. The van der Waals surface area contributed by atoms with Crippen molar-refractivity contribution in [1.82, 2.24) is 9.78 Å². The van der Waals surface area contributed by atoms with Gasteiger partial charge in [0.25, 0.3) is 0 Å². The fourth-order valence-electron chi connectivity index (χ4n) is 3.32. The third kappa shape index (κ3) is 6.50. The maximum Gasteiger partial charge on any atom is 0.511 e. The summed E-state index contributed by atoms with van der Waals surface area (Å²) in [4.78, 5) is 12.1.